The molecular weight excluding hydrogens is 380 g/mol. The summed E-state index contributed by atoms with van der Waals surface area (Å²) in [6, 6.07) is 15.2. The van der Waals surface area contributed by atoms with Crippen LogP contribution in [0.4, 0.5) is 17.5 Å². The van der Waals surface area contributed by atoms with Crippen molar-refractivity contribution in [2.45, 2.75) is 60.4 Å². The summed E-state index contributed by atoms with van der Waals surface area (Å²) in [6.45, 7) is 13.6. The molecule has 1 aromatic heterocycles. The largest absolute Gasteiger partial charge is 0.352 e. The highest BCUT2D eigenvalue weighted by atomic mass is 15.3. The van der Waals surface area contributed by atoms with E-state index in [-0.39, 0.29) is 0 Å². The van der Waals surface area contributed by atoms with Gasteiger partial charge in [0.25, 0.3) is 0 Å². The van der Waals surface area contributed by atoms with Crippen molar-refractivity contribution >= 4 is 17.5 Å². The summed E-state index contributed by atoms with van der Waals surface area (Å²) in [5.74, 6) is 1.93. The summed E-state index contributed by atoms with van der Waals surface area (Å²) in [5, 5.41) is 0. The van der Waals surface area contributed by atoms with Crippen molar-refractivity contribution in [1.82, 2.24) is 9.97 Å². The van der Waals surface area contributed by atoms with Crippen molar-refractivity contribution in [3.63, 3.8) is 0 Å². The molecule has 4 rings (SSSR count). The Morgan fingerprint density at radius 3 is 2.32 bits per heavy atom. The van der Waals surface area contributed by atoms with Crippen LogP contribution >= 0.6 is 0 Å². The lowest BCUT2D eigenvalue weighted by molar-refractivity contribution is 0.710. The third kappa shape index (κ3) is 4.43. The average Bonchev–Trinajstić information content (AvgIpc) is 2.94. The molecule has 4 heteroatoms. The van der Waals surface area contributed by atoms with E-state index in [1.54, 1.807) is 0 Å². The molecule has 2 aromatic carbocycles. The van der Waals surface area contributed by atoms with Crippen LogP contribution in [0.2, 0.25) is 0 Å². The van der Waals surface area contributed by atoms with Crippen LogP contribution in [0.3, 0.4) is 0 Å². The molecule has 0 bridgehead atoms. The van der Waals surface area contributed by atoms with Gasteiger partial charge in [0.15, 0.2) is 0 Å². The predicted octanol–water partition coefficient (Wildman–Crippen LogP) is 6.21. The Morgan fingerprint density at radius 1 is 0.935 bits per heavy atom. The molecule has 0 saturated carbocycles. The molecule has 3 aromatic rings. The molecule has 0 fully saturated rings. The number of rotatable bonds is 5. The van der Waals surface area contributed by atoms with E-state index < -0.39 is 0 Å². The molecule has 0 spiro atoms. The maximum atomic E-state index is 5.20. The summed E-state index contributed by atoms with van der Waals surface area (Å²) in [4.78, 5) is 15.0. The fourth-order valence-corrected chi connectivity index (χ4v) is 4.91. The van der Waals surface area contributed by atoms with E-state index in [0.29, 0.717) is 0 Å². The first kappa shape index (κ1) is 21.4. The molecule has 1 aliphatic rings. The van der Waals surface area contributed by atoms with Crippen LogP contribution in [-0.2, 0) is 13.0 Å². The van der Waals surface area contributed by atoms with E-state index in [0.717, 1.165) is 43.5 Å². The molecule has 0 saturated heterocycles. The van der Waals surface area contributed by atoms with Crippen LogP contribution in [0.5, 0.6) is 0 Å². The highest BCUT2D eigenvalue weighted by molar-refractivity contribution is 5.68. The van der Waals surface area contributed by atoms with Gasteiger partial charge in [0, 0.05) is 36.6 Å². The first-order chi connectivity index (χ1) is 15.0. The number of fused-ring (bicyclic) bond motifs is 1. The minimum Gasteiger partial charge on any atom is -0.352 e. The fourth-order valence-electron chi connectivity index (χ4n) is 4.91. The molecular formula is C27H34N4. The quantitative estimate of drug-likeness (QED) is 0.497. The Labute approximate surface area is 187 Å². The summed E-state index contributed by atoms with van der Waals surface area (Å²) >= 11 is 0. The van der Waals surface area contributed by atoms with E-state index in [2.05, 4.69) is 86.9 Å². The number of nitrogens with zero attached hydrogens (tertiary/aromatic N) is 4. The van der Waals surface area contributed by atoms with E-state index in [9.17, 15) is 0 Å². The highest BCUT2D eigenvalue weighted by Crippen LogP contribution is 2.34. The average molecular weight is 415 g/mol. The molecule has 0 unspecified atom stereocenters. The Balaban J connectivity index is 1.79. The van der Waals surface area contributed by atoms with Gasteiger partial charge in [-0.15, -0.1) is 0 Å². The fraction of sp³-hybridized carbons (Fsp3) is 0.407. The van der Waals surface area contributed by atoms with Gasteiger partial charge in [-0.2, -0.15) is 4.98 Å². The molecule has 0 aliphatic carbocycles. The zero-order chi connectivity index (χ0) is 22.0. The van der Waals surface area contributed by atoms with E-state index in [4.69, 9.17) is 9.97 Å². The van der Waals surface area contributed by atoms with Gasteiger partial charge in [0.1, 0.15) is 5.82 Å². The molecule has 0 N–H and O–H groups in total. The second-order valence-corrected chi connectivity index (χ2v) is 8.77. The Hall–Kier alpha value is -2.88. The summed E-state index contributed by atoms with van der Waals surface area (Å²) in [5.41, 5.74) is 8.82. The lowest BCUT2D eigenvalue weighted by atomic mass is 10.0. The lowest BCUT2D eigenvalue weighted by Gasteiger charge is -2.29. The number of benzene rings is 2. The van der Waals surface area contributed by atoms with Crippen molar-refractivity contribution < 1.29 is 0 Å². The highest BCUT2D eigenvalue weighted by Gasteiger charge is 2.24. The normalized spacial score (nSPS) is 13.6. The summed E-state index contributed by atoms with van der Waals surface area (Å²) < 4.78 is 0. The first-order valence-corrected chi connectivity index (χ1v) is 11.5. The van der Waals surface area contributed by atoms with Gasteiger partial charge in [-0.05, 0) is 70.6 Å². The molecule has 162 valence electrons. The molecule has 0 amide bonds. The zero-order valence-electron chi connectivity index (χ0n) is 19.6. The number of anilines is 3. The first-order valence-electron chi connectivity index (χ1n) is 11.5. The predicted molar refractivity (Wildman–Crippen MR) is 131 cm³/mol. The maximum absolute atomic E-state index is 5.20. The Kier molecular flexibility index (Phi) is 6.26. The third-order valence-corrected chi connectivity index (χ3v) is 6.26. The molecule has 4 nitrogen and oxygen atoms in total. The summed E-state index contributed by atoms with van der Waals surface area (Å²) in [6.07, 6.45) is 3.43. The second kappa shape index (κ2) is 9.09. The van der Waals surface area contributed by atoms with Crippen LogP contribution in [-0.4, -0.2) is 23.1 Å². The van der Waals surface area contributed by atoms with Crippen LogP contribution < -0.4 is 9.80 Å². The van der Waals surface area contributed by atoms with Crippen LogP contribution in [0.1, 0.15) is 53.3 Å². The maximum Gasteiger partial charge on any atom is 0.232 e. The van der Waals surface area contributed by atoms with Gasteiger partial charge in [0.2, 0.25) is 5.95 Å². The molecule has 2 heterocycles. The van der Waals surface area contributed by atoms with Crippen LogP contribution in [0, 0.1) is 27.7 Å². The molecule has 0 radical (unpaired) electrons. The van der Waals surface area contributed by atoms with Crippen LogP contribution in [0.25, 0.3) is 0 Å². The van der Waals surface area contributed by atoms with E-state index >= 15 is 0 Å². The minimum atomic E-state index is 0.814. The topological polar surface area (TPSA) is 32.3 Å². The van der Waals surface area contributed by atoms with Gasteiger partial charge in [-0.3, -0.25) is 0 Å². The van der Waals surface area contributed by atoms with Crippen molar-refractivity contribution in [1.29, 1.82) is 0 Å². The van der Waals surface area contributed by atoms with Crippen molar-refractivity contribution in [3.8, 4) is 0 Å². The SMILES string of the molecule is CCN(c1nc(C)c2c(n1)N(Cc1ccccc1)CCCC2)c1c(C)cc(C)cc1C. The monoisotopic (exact) mass is 414 g/mol. The number of hydrogen-bond donors (Lipinski definition) is 0. The minimum absolute atomic E-state index is 0.814. The number of aryl methyl sites for hydroxylation is 4. The van der Waals surface area contributed by atoms with Gasteiger partial charge in [-0.1, -0.05) is 48.0 Å². The second-order valence-electron chi connectivity index (χ2n) is 8.77. The molecule has 1 aliphatic heterocycles. The van der Waals surface area contributed by atoms with E-state index in [1.807, 2.05) is 0 Å². The standard InChI is InChI=1S/C27H34N4/c1-6-31(25-20(3)16-19(2)17-21(25)4)27-28-22(5)24-14-10-11-15-30(26(24)29-27)18-23-12-8-7-9-13-23/h7-9,12-13,16-17H,6,10-11,14-15,18H2,1-5H3. The third-order valence-electron chi connectivity index (χ3n) is 6.26. The van der Waals surface area contributed by atoms with Gasteiger partial charge < -0.3 is 9.80 Å². The van der Waals surface area contributed by atoms with Crippen molar-refractivity contribution in [2.75, 3.05) is 22.9 Å². The zero-order valence-corrected chi connectivity index (χ0v) is 19.6. The van der Waals surface area contributed by atoms with Crippen molar-refractivity contribution in [3.05, 3.63) is 76.0 Å². The van der Waals surface area contributed by atoms with Crippen LogP contribution in [0.15, 0.2) is 42.5 Å². The molecule has 31 heavy (non-hydrogen) atoms. The smallest absolute Gasteiger partial charge is 0.232 e. The number of hydrogen-bond acceptors (Lipinski definition) is 4. The number of aromatic nitrogens is 2. The Morgan fingerprint density at radius 2 is 1.65 bits per heavy atom. The summed E-state index contributed by atoms with van der Waals surface area (Å²) in [7, 11) is 0. The van der Waals surface area contributed by atoms with E-state index in [1.165, 1.54) is 46.3 Å². The molecule has 0 atom stereocenters. The Bertz CT molecular complexity index is 1040. The van der Waals surface area contributed by atoms with Gasteiger partial charge in [0.05, 0.1) is 0 Å². The van der Waals surface area contributed by atoms with Gasteiger partial charge >= 0.3 is 0 Å². The lowest BCUT2D eigenvalue weighted by Crippen LogP contribution is -2.27. The van der Waals surface area contributed by atoms with Gasteiger partial charge in [-0.25, -0.2) is 4.98 Å². The van der Waals surface area contributed by atoms with Crippen molar-refractivity contribution in [2.24, 2.45) is 0 Å².